The standard InChI is InChI=1S/C31H33ClF2N2O3S/c1-40(37,38)35-23-11-14-26-22(19-23)5-2-6-27(28-7-3-8-29(34)31(28)32)30(26)21-9-12-24(13-10-21)39-25-15-18-36(20-25)17-4-16-33/h3,7-14,19,25,35H,2,4-6,15-18,20H2,1H3/t25-/m0/s1. The maximum Gasteiger partial charge on any atom is 0.229 e. The summed E-state index contributed by atoms with van der Waals surface area (Å²) in [5, 5.41) is 0.0901. The van der Waals surface area contributed by atoms with Crippen LogP contribution in [0.5, 0.6) is 5.75 Å². The Morgan fingerprint density at radius 3 is 2.62 bits per heavy atom. The molecule has 1 aliphatic heterocycles. The van der Waals surface area contributed by atoms with Gasteiger partial charge in [-0.3, -0.25) is 14.0 Å². The molecular formula is C31H33ClF2N2O3S. The highest BCUT2D eigenvalue weighted by molar-refractivity contribution is 7.92. The molecule has 1 aliphatic carbocycles. The third kappa shape index (κ3) is 6.67. The Labute approximate surface area is 239 Å². The molecule has 0 spiro atoms. The lowest BCUT2D eigenvalue weighted by Crippen LogP contribution is -2.26. The van der Waals surface area contributed by atoms with Crippen molar-refractivity contribution in [3.05, 3.63) is 93.8 Å². The lowest BCUT2D eigenvalue weighted by atomic mass is 9.87. The molecule has 1 saturated heterocycles. The number of likely N-dealkylation sites (tertiary alicyclic amines) is 1. The summed E-state index contributed by atoms with van der Waals surface area (Å²) in [6, 6.07) is 18.3. The van der Waals surface area contributed by atoms with E-state index >= 15 is 0 Å². The molecule has 40 heavy (non-hydrogen) atoms. The second-order valence-electron chi connectivity index (χ2n) is 10.5. The van der Waals surface area contributed by atoms with E-state index < -0.39 is 15.8 Å². The van der Waals surface area contributed by atoms with E-state index in [1.807, 2.05) is 42.5 Å². The minimum Gasteiger partial charge on any atom is -0.489 e. The second-order valence-corrected chi connectivity index (χ2v) is 12.6. The van der Waals surface area contributed by atoms with Crippen LogP contribution in [0.1, 0.15) is 47.9 Å². The fourth-order valence-electron chi connectivity index (χ4n) is 5.67. The Hall–Kier alpha value is -2.94. The number of hydrogen-bond donors (Lipinski definition) is 1. The normalized spacial score (nSPS) is 17.9. The molecule has 0 unspecified atom stereocenters. The average molecular weight is 587 g/mol. The van der Waals surface area contributed by atoms with Crippen LogP contribution in [0.2, 0.25) is 5.02 Å². The summed E-state index contributed by atoms with van der Waals surface area (Å²) < 4.78 is 59.6. The highest BCUT2D eigenvalue weighted by Crippen LogP contribution is 2.43. The van der Waals surface area contributed by atoms with Crippen LogP contribution in [0.3, 0.4) is 0 Å². The number of aryl methyl sites for hydroxylation is 1. The zero-order valence-electron chi connectivity index (χ0n) is 22.4. The number of hydrogen-bond acceptors (Lipinski definition) is 4. The summed E-state index contributed by atoms with van der Waals surface area (Å²) in [5.74, 6) is 0.289. The molecule has 5 rings (SSSR count). The number of sulfonamides is 1. The average Bonchev–Trinajstić information content (AvgIpc) is 3.27. The smallest absolute Gasteiger partial charge is 0.229 e. The van der Waals surface area contributed by atoms with Gasteiger partial charge in [0.05, 0.1) is 18.0 Å². The van der Waals surface area contributed by atoms with Crippen LogP contribution < -0.4 is 9.46 Å². The molecule has 1 atom stereocenters. The Balaban J connectivity index is 1.52. The van der Waals surface area contributed by atoms with Gasteiger partial charge in [-0.1, -0.05) is 41.9 Å². The minimum atomic E-state index is -3.42. The summed E-state index contributed by atoms with van der Waals surface area (Å²) in [5.41, 5.74) is 5.95. The molecule has 1 N–H and O–H groups in total. The largest absolute Gasteiger partial charge is 0.489 e. The maximum atomic E-state index is 14.6. The topological polar surface area (TPSA) is 58.6 Å². The van der Waals surface area contributed by atoms with Crippen LogP contribution in [-0.4, -0.2) is 52.0 Å². The number of halogens is 3. The van der Waals surface area contributed by atoms with E-state index in [0.29, 0.717) is 24.1 Å². The number of fused-ring (bicyclic) bond motifs is 1. The van der Waals surface area contributed by atoms with Crippen molar-refractivity contribution >= 4 is 38.5 Å². The predicted octanol–water partition coefficient (Wildman–Crippen LogP) is 6.96. The van der Waals surface area contributed by atoms with Crippen LogP contribution in [0.4, 0.5) is 14.5 Å². The van der Waals surface area contributed by atoms with Gasteiger partial charge in [-0.05, 0) is 95.8 Å². The quantitative estimate of drug-likeness (QED) is 0.294. The zero-order chi connectivity index (χ0) is 28.3. The number of ether oxygens (including phenoxy) is 1. The third-order valence-corrected chi connectivity index (χ3v) is 8.40. The van der Waals surface area contributed by atoms with Crippen molar-refractivity contribution in [2.45, 2.75) is 38.2 Å². The van der Waals surface area contributed by atoms with Crippen molar-refractivity contribution in [3.8, 4) is 5.75 Å². The van der Waals surface area contributed by atoms with Gasteiger partial charge in [-0.25, -0.2) is 12.8 Å². The van der Waals surface area contributed by atoms with Crippen LogP contribution in [0, 0.1) is 5.82 Å². The molecule has 212 valence electrons. The number of alkyl halides is 1. The Kier molecular flexibility index (Phi) is 8.78. The van der Waals surface area contributed by atoms with Gasteiger partial charge in [0.15, 0.2) is 0 Å². The van der Waals surface area contributed by atoms with E-state index in [2.05, 4.69) is 9.62 Å². The molecule has 1 heterocycles. The van der Waals surface area contributed by atoms with Crippen LogP contribution in [-0.2, 0) is 16.4 Å². The summed E-state index contributed by atoms with van der Waals surface area (Å²) in [6.07, 6.45) is 4.84. The van der Waals surface area contributed by atoms with E-state index in [1.165, 1.54) is 6.07 Å². The number of benzene rings is 3. The van der Waals surface area contributed by atoms with Gasteiger partial charge in [-0.2, -0.15) is 0 Å². The van der Waals surface area contributed by atoms with Crippen molar-refractivity contribution in [3.63, 3.8) is 0 Å². The van der Waals surface area contributed by atoms with E-state index in [0.717, 1.165) is 78.7 Å². The van der Waals surface area contributed by atoms with Gasteiger partial charge in [0.2, 0.25) is 10.0 Å². The zero-order valence-corrected chi connectivity index (χ0v) is 24.0. The summed E-state index contributed by atoms with van der Waals surface area (Å²) in [6.45, 7) is 2.13. The van der Waals surface area contributed by atoms with Crippen molar-refractivity contribution in [1.29, 1.82) is 0 Å². The molecule has 0 aromatic heterocycles. The lowest BCUT2D eigenvalue weighted by molar-refractivity contribution is 0.198. The van der Waals surface area contributed by atoms with E-state index in [9.17, 15) is 17.2 Å². The molecule has 0 amide bonds. The van der Waals surface area contributed by atoms with Crippen molar-refractivity contribution in [2.75, 3.05) is 37.3 Å². The lowest BCUT2D eigenvalue weighted by Gasteiger charge is -2.19. The van der Waals surface area contributed by atoms with Gasteiger partial charge in [-0.15, -0.1) is 0 Å². The second kappa shape index (κ2) is 12.3. The number of nitrogens with zero attached hydrogens (tertiary/aromatic N) is 1. The maximum absolute atomic E-state index is 14.6. The first-order chi connectivity index (χ1) is 19.2. The Morgan fingerprint density at radius 2 is 1.88 bits per heavy atom. The molecule has 5 nitrogen and oxygen atoms in total. The van der Waals surface area contributed by atoms with Gasteiger partial charge >= 0.3 is 0 Å². The molecule has 2 aliphatic rings. The molecule has 1 fully saturated rings. The molecule has 0 bridgehead atoms. The third-order valence-electron chi connectivity index (χ3n) is 7.41. The molecular weight excluding hydrogens is 554 g/mol. The Morgan fingerprint density at radius 1 is 1.07 bits per heavy atom. The minimum absolute atomic E-state index is 0.0608. The molecule has 0 radical (unpaired) electrons. The fourth-order valence-corrected chi connectivity index (χ4v) is 6.47. The van der Waals surface area contributed by atoms with Crippen LogP contribution in [0.25, 0.3) is 11.1 Å². The van der Waals surface area contributed by atoms with E-state index in [1.54, 1.807) is 12.1 Å². The first-order valence-electron chi connectivity index (χ1n) is 13.6. The first kappa shape index (κ1) is 28.6. The summed E-state index contributed by atoms with van der Waals surface area (Å²) in [4.78, 5) is 2.23. The highest BCUT2D eigenvalue weighted by atomic mass is 35.5. The van der Waals surface area contributed by atoms with Gasteiger partial charge in [0, 0.05) is 25.3 Å². The van der Waals surface area contributed by atoms with Gasteiger partial charge < -0.3 is 4.74 Å². The van der Waals surface area contributed by atoms with Crippen molar-refractivity contribution in [1.82, 2.24) is 4.90 Å². The highest BCUT2D eigenvalue weighted by Gasteiger charge is 2.25. The molecule has 0 saturated carbocycles. The molecule has 9 heteroatoms. The SMILES string of the molecule is CS(=O)(=O)Nc1ccc2c(c1)CCCC(c1cccc(F)c1Cl)=C2c1ccc(O[C@H]2CCN(CCCF)C2)cc1. The van der Waals surface area contributed by atoms with E-state index in [-0.39, 0.29) is 17.8 Å². The van der Waals surface area contributed by atoms with Gasteiger partial charge in [0.1, 0.15) is 17.7 Å². The first-order valence-corrected chi connectivity index (χ1v) is 15.8. The Bertz CT molecular complexity index is 1510. The van der Waals surface area contributed by atoms with Crippen LogP contribution >= 0.6 is 11.6 Å². The van der Waals surface area contributed by atoms with Crippen LogP contribution in [0.15, 0.2) is 60.7 Å². The fraction of sp³-hybridized carbons (Fsp3) is 0.355. The summed E-state index contributed by atoms with van der Waals surface area (Å²) in [7, 11) is -3.42. The number of allylic oxidation sites excluding steroid dienone is 1. The van der Waals surface area contributed by atoms with E-state index in [4.69, 9.17) is 16.3 Å². The van der Waals surface area contributed by atoms with Crippen molar-refractivity contribution < 1.29 is 21.9 Å². The monoisotopic (exact) mass is 586 g/mol. The number of nitrogens with one attached hydrogen (secondary N) is 1. The number of rotatable bonds is 9. The van der Waals surface area contributed by atoms with Gasteiger partial charge in [0.25, 0.3) is 0 Å². The molecule has 3 aromatic rings. The van der Waals surface area contributed by atoms with Crippen molar-refractivity contribution in [2.24, 2.45) is 0 Å². The number of anilines is 1. The summed E-state index contributed by atoms with van der Waals surface area (Å²) >= 11 is 6.49. The molecule has 3 aromatic carbocycles. The predicted molar refractivity (Wildman–Crippen MR) is 158 cm³/mol.